The van der Waals surface area contributed by atoms with Crippen LogP contribution in [0.5, 0.6) is 0 Å². The second-order valence-corrected chi connectivity index (χ2v) is 5.97. The topological polar surface area (TPSA) is 46.9 Å². The molecule has 1 heterocycles. The van der Waals surface area contributed by atoms with E-state index >= 15 is 0 Å². The molecule has 4 heteroatoms. The van der Waals surface area contributed by atoms with Crippen LogP contribution < -0.4 is 5.32 Å². The number of amides is 1. The third kappa shape index (κ3) is 2.34. The van der Waals surface area contributed by atoms with Crippen LogP contribution in [0.15, 0.2) is 43.1 Å². The van der Waals surface area contributed by atoms with E-state index < -0.39 is 0 Å². The highest BCUT2D eigenvalue weighted by molar-refractivity contribution is 5.87. The van der Waals surface area contributed by atoms with E-state index in [9.17, 15) is 4.79 Å². The monoisotopic (exact) mass is 295 g/mol. The molecule has 1 aliphatic carbocycles. The summed E-state index contributed by atoms with van der Waals surface area (Å²) in [6, 6.07) is 8.45. The summed E-state index contributed by atoms with van der Waals surface area (Å²) in [7, 11) is 1.95. The van der Waals surface area contributed by atoms with Crippen molar-refractivity contribution in [2.75, 3.05) is 0 Å². The number of hydrogen-bond acceptors (Lipinski definition) is 2. The maximum absolute atomic E-state index is 11.7. The van der Waals surface area contributed by atoms with Gasteiger partial charge in [0.05, 0.1) is 11.7 Å². The van der Waals surface area contributed by atoms with Crippen molar-refractivity contribution in [2.45, 2.75) is 31.7 Å². The standard InChI is InChI=1S/C18H21N3O/c1-4-17(22)20-18(10-5-11-18)15-8-6-14(7-9-15)16-12-19-21(3)13(16)2/h4,6-9,12H,1,5,10-11H2,2-3H3,(H,20,22). The maximum atomic E-state index is 11.7. The van der Waals surface area contributed by atoms with Gasteiger partial charge in [-0.05, 0) is 43.4 Å². The first-order chi connectivity index (χ1) is 10.6. The lowest BCUT2D eigenvalue weighted by Crippen LogP contribution is -2.50. The molecular formula is C18H21N3O. The summed E-state index contributed by atoms with van der Waals surface area (Å²) in [6.07, 6.45) is 6.34. The van der Waals surface area contributed by atoms with Gasteiger partial charge < -0.3 is 5.32 Å². The van der Waals surface area contributed by atoms with Gasteiger partial charge in [-0.15, -0.1) is 0 Å². The number of aryl methyl sites for hydroxylation is 1. The van der Waals surface area contributed by atoms with Crippen molar-refractivity contribution in [3.05, 3.63) is 54.4 Å². The third-order valence-corrected chi connectivity index (χ3v) is 4.74. The number of benzene rings is 1. The first-order valence-corrected chi connectivity index (χ1v) is 7.60. The van der Waals surface area contributed by atoms with Crippen molar-refractivity contribution in [3.63, 3.8) is 0 Å². The first kappa shape index (κ1) is 14.6. The Kier molecular flexibility index (Phi) is 3.61. The summed E-state index contributed by atoms with van der Waals surface area (Å²) in [5.41, 5.74) is 4.39. The molecule has 4 nitrogen and oxygen atoms in total. The second-order valence-electron chi connectivity index (χ2n) is 5.97. The molecule has 1 aliphatic rings. The molecule has 1 aromatic carbocycles. The SMILES string of the molecule is C=CC(=O)NC1(c2ccc(-c3cnn(C)c3C)cc2)CCC1. The fraction of sp³-hybridized carbons (Fsp3) is 0.333. The van der Waals surface area contributed by atoms with Gasteiger partial charge in [-0.3, -0.25) is 9.48 Å². The molecule has 0 atom stereocenters. The van der Waals surface area contributed by atoms with Crippen LogP contribution in [-0.2, 0) is 17.4 Å². The van der Waals surface area contributed by atoms with E-state index in [0.717, 1.165) is 36.1 Å². The van der Waals surface area contributed by atoms with Gasteiger partial charge in [-0.1, -0.05) is 30.8 Å². The van der Waals surface area contributed by atoms with Crippen LogP contribution in [0.3, 0.4) is 0 Å². The zero-order valence-electron chi connectivity index (χ0n) is 13.1. The minimum absolute atomic E-state index is 0.105. The molecule has 3 rings (SSSR count). The van der Waals surface area contributed by atoms with Crippen molar-refractivity contribution in [2.24, 2.45) is 7.05 Å². The number of nitrogens with one attached hydrogen (secondary N) is 1. The fourth-order valence-electron chi connectivity index (χ4n) is 3.05. The van der Waals surface area contributed by atoms with E-state index in [4.69, 9.17) is 0 Å². The predicted molar refractivity (Wildman–Crippen MR) is 87.2 cm³/mol. The summed E-state index contributed by atoms with van der Waals surface area (Å²) in [5.74, 6) is -0.105. The Bertz CT molecular complexity index is 708. The lowest BCUT2D eigenvalue weighted by Gasteiger charge is -2.43. The number of nitrogens with zero attached hydrogens (tertiary/aromatic N) is 2. The highest BCUT2D eigenvalue weighted by Gasteiger charge is 2.39. The van der Waals surface area contributed by atoms with Gasteiger partial charge in [0.15, 0.2) is 0 Å². The molecule has 0 aliphatic heterocycles. The Morgan fingerprint density at radius 3 is 2.50 bits per heavy atom. The minimum Gasteiger partial charge on any atom is -0.343 e. The molecule has 114 valence electrons. The molecule has 1 fully saturated rings. The Labute approximate surface area is 130 Å². The van der Waals surface area contributed by atoms with Crippen molar-refractivity contribution < 1.29 is 4.79 Å². The normalized spacial score (nSPS) is 15.9. The maximum Gasteiger partial charge on any atom is 0.244 e. The van der Waals surface area contributed by atoms with Crippen LogP contribution in [0.4, 0.5) is 0 Å². The first-order valence-electron chi connectivity index (χ1n) is 7.60. The number of carbonyl (C=O) groups excluding carboxylic acids is 1. The van der Waals surface area contributed by atoms with Gasteiger partial charge in [0.1, 0.15) is 0 Å². The molecule has 0 bridgehead atoms. The quantitative estimate of drug-likeness (QED) is 0.881. The second kappa shape index (κ2) is 5.44. The van der Waals surface area contributed by atoms with Crippen molar-refractivity contribution >= 4 is 5.91 Å². The average molecular weight is 295 g/mol. The van der Waals surface area contributed by atoms with Crippen molar-refractivity contribution in [1.29, 1.82) is 0 Å². The van der Waals surface area contributed by atoms with Crippen molar-refractivity contribution in [1.82, 2.24) is 15.1 Å². The van der Waals surface area contributed by atoms with Crippen LogP contribution in [-0.4, -0.2) is 15.7 Å². The van der Waals surface area contributed by atoms with E-state index in [1.54, 1.807) is 0 Å². The Morgan fingerprint density at radius 2 is 2.05 bits per heavy atom. The Hall–Kier alpha value is -2.36. The fourth-order valence-corrected chi connectivity index (χ4v) is 3.05. The molecule has 22 heavy (non-hydrogen) atoms. The van der Waals surface area contributed by atoms with Gasteiger partial charge in [0, 0.05) is 18.3 Å². The molecule has 1 amide bonds. The highest BCUT2D eigenvalue weighted by atomic mass is 16.1. The van der Waals surface area contributed by atoms with E-state index in [2.05, 4.69) is 48.2 Å². The summed E-state index contributed by atoms with van der Waals surface area (Å²) in [4.78, 5) is 11.7. The largest absolute Gasteiger partial charge is 0.343 e. The number of aromatic nitrogens is 2. The molecule has 2 aromatic rings. The van der Waals surface area contributed by atoms with Crippen LogP contribution >= 0.6 is 0 Å². The lowest BCUT2D eigenvalue weighted by atomic mass is 9.71. The molecule has 0 spiro atoms. The minimum atomic E-state index is -0.214. The highest BCUT2D eigenvalue weighted by Crippen LogP contribution is 2.41. The molecular weight excluding hydrogens is 274 g/mol. The third-order valence-electron chi connectivity index (χ3n) is 4.74. The summed E-state index contributed by atoms with van der Waals surface area (Å²) in [6.45, 7) is 5.60. The van der Waals surface area contributed by atoms with E-state index in [-0.39, 0.29) is 11.4 Å². The molecule has 0 saturated heterocycles. The summed E-state index contributed by atoms with van der Waals surface area (Å²) >= 11 is 0. The Balaban J connectivity index is 1.89. The van der Waals surface area contributed by atoms with E-state index in [1.807, 2.05) is 17.9 Å². The number of rotatable bonds is 4. The van der Waals surface area contributed by atoms with Crippen LogP contribution in [0, 0.1) is 6.92 Å². The van der Waals surface area contributed by atoms with Gasteiger partial charge >= 0.3 is 0 Å². The Morgan fingerprint density at radius 1 is 1.36 bits per heavy atom. The summed E-state index contributed by atoms with van der Waals surface area (Å²) in [5, 5.41) is 7.39. The average Bonchev–Trinajstić information content (AvgIpc) is 2.83. The molecule has 1 aromatic heterocycles. The van der Waals surface area contributed by atoms with Gasteiger partial charge in [0.25, 0.3) is 0 Å². The summed E-state index contributed by atoms with van der Waals surface area (Å²) < 4.78 is 1.88. The van der Waals surface area contributed by atoms with Gasteiger partial charge in [-0.25, -0.2) is 0 Å². The smallest absolute Gasteiger partial charge is 0.244 e. The number of hydrogen-bond donors (Lipinski definition) is 1. The van der Waals surface area contributed by atoms with Crippen LogP contribution in [0.1, 0.15) is 30.5 Å². The van der Waals surface area contributed by atoms with Crippen LogP contribution in [0.2, 0.25) is 0 Å². The van der Waals surface area contributed by atoms with E-state index in [0.29, 0.717) is 0 Å². The molecule has 1 N–H and O–H groups in total. The predicted octanol–water partition coefficient (Wildman–Crippen LogP) is 3.08. The zero-order chi connectivity index (χ0) is 15.7. The zero-order valence-corrected chi connectivity index (χ0v) is 13.1. The molecule has 1 saturated carbocycles. The van der Waals surface area contributed by atoms with Crippen molar-refractivity contribution in [3.8, 4) is 11.1 Å². The molecule has 0 unspecified atom stereocenters. The molecule has 0 radical (unpaired) electrons. The van der Waals surface area contributed by atoms with Gasteiger partial charge in [-0.2, -0.15) is 5.10 Å². The van der Waals surface area contributed by atoms with Gasteiger partial charge in [0.2, 0.25) is 5.91 Å². The number of carbonyl (C=O) groups is 1. The van der Waals surface area contributed by atoms with E-state index in [1.165, 1.54) is 11.6 Å². The van der Waals surface area contributed by atoms with Crippen LogP contribution in [0.25, 0.3) is 11.1 Å². The lowest BCUT2D eigenvalue weighted by molar-refractivity contribution is -0.119.